The van der Waals surface area contributed by atoms with Crippen LogP contribution in [-0.4, -0.2) is 25.8 Å². The number of methoxy groups -OCH3 is 2. The minimum Gasteiger partial charge on any atom is -0.497 e. The Morgan fingerprint density at radius 3 is 2.52 bits per heavy atom. The number of carbonyl (C=O) groups excluding carboxylic acids is 1. The van der Waals surface area contributed by atoms with Gasteiger partial charge in [-0.15, -0.1) is 11.8 Å². The summed E-state index contributed by atoms with van der Waals surface area (Å²) < 4.78 is 10.6. The number of benzene rings is 2. The number of Topliss-reactive ketones (excluding diaryl/α,β-unsaturated/α-hetero) is 1. The van der Waals surface area contributed by atoms with E-state index in [1.54, 1.807) is 26.0 Å². The molecule has 0 fully saturated rings. The molecule has 0 aromatic heterocycles. The summed E-state index contributed by atoms with van der Waals surface area (Å²) in [6.45, 7) is 4.03. The van der Waals surface area contributed by atoms with Crippen molar-refractivity contribution in [3.63, 3.8) is 0 Å². The molecule has 4 heteroatoms. The lowest BCUT2D eigenvalue weighted by Gasteiger charge is -2.33. The van der Waals surface area contributed by atoms with Gasteiger partial charge in [0.25, 0.3) is 0 Å². The summed E-state index contributed by atoms with van der Waals surface area (Å²) in [7, 11) is 3.30. The lowest BCUT2D eigenvalue weighted by molar-refractivity contribution is 0.0905. The summed E-state index contributed by atoms with van der Waals surface area (Å²) in [6.07, 6.45) is 0. The van der Waals surface area contributed by atoms with Crippen molar-refractivity contribution < 1.29 is 14.3 Å². The second kappa shape index (κ2) is 5.93. The van der Waals surface area contributed by atoms with Crippen LogP contribution >= 0.6 is 11.8 Å². The number of hydrogen-bond acceptors (Lipinski definition) is 4. The van der Waals surface area contributed by atoms with Crippen molar-refractivity contribution in [3.8, 4) is 11.5 Å². The van der Waals surface area contributed by atoms with Crippen molar-refractivity contribution in [1.82, 2.24) is 0 Å². The third-order valence-electron chi connectivity index (χ3n) is 4.48. The zero-order chi connectivity index (χ0) is 16.6. The fourth-order valence-electron chi connectivity index (χ4n) is 2.96. The molecule has 0 saturated heterocycles. The molecule has 3 rings (SSSR count). The quantitative estimate of drug-likeness (QED) is 0.843. The van der Waals surface area contributed by atoms with Crippen LogP contribution in [0.25, 0.3) is 0 Å². The van der Waals surface area contributed by atoms with E-state index in [9.17, 15) is 4.79 Å². The fraction of sp³-hybridized carbons (Fsp3) is 0.316. The Kier molecular flexibility index (Phi) is 4.11. The Labute approximate surface area is 141 Å². The van der Waals surface area contributed by atoms with Crippen LogP contribution in [0.15, 0.2) is 41.3 Å². The largest absolute Gasteiger partial charge is 0.497 e. The second-order valence-corrected chi connectivity index (χ2v) is 7.01. The molecule has 1 heterocycles. The van der Waals surface area contributed by atoms with E-state index >= 15 is 0 Å². The number of hydrogen-bond donors (Lipinski definition) is 0. The van der Waals surface area contributed by atoms with Crippen LogP contribution < -0.4 is 9.47 Å². The molecule has 3 nitrogen and oxygen atoms in total. The highest BCUT2D eigenvalue weighted by Gasteiger charge is 2.40. The third kappa shape index (κ3) is 2.61. The SMILES string of the molecule is COc1ccc2c(c1)SCC(C)(c1ccc(OC)c(C)c1)C2=O. The van der Waals surface area contributed by atoms with Crippen molar-refractivity contribution in [2.45, 2.75) is 24.2 Å². The highest BCUT2D eigenvalue weighted by atomic mass is 32.2. The first kappa shape index (κ1) is 15.9. The number of ether oxygens (including phenoxy) is 2. The van der Waals surface area contributed by atoms with E-state index in [0.717, 1.165) is 38.8 Å². The predicted molar refractivity (Wildman–Crippen MR) is 93.1 cm³/mol. The molecule has 0 aliphatic carbocycles. The molecule has 120 valence electrons. The van der Waals surface area contributed by atoms with Gasteiger partial charge in [0.1, 0.15) is 11.5 Å². The van der Waals surface area contributed by atoms with Crippen molar-refractivity contribution in [2.75, 3.05) is 20.0 Å². The first-order chi connectivity index (χ1) is 11.0. The Balaban J connectivity index is 2.03. The van der Waals surface area contributed by atoms with Gasteiger partial charge >= 0.3 is 0 Å². The van der Waals surface area contributed by atoms with Gasteiger partial charge in [0.2, 0.25) is 0 Å². The topological polar surface area (TPSA) is 35.5 Å². The van der Waals surface area contributed by atoms with Crippen LogP contribution in [0.2, 0.25) is 0 Å². The monoisotopic (exact) mass is 328 g/mol. The number of thioether (sulfide) groups is 1. The number of aryl methyl sites for hydroxylation is 1. The summed E-state index contributed by atoms with van der Waals surface area (Å²) in [6, 6.07) is 11.7. The lowest BCUT2D eigenvalue weighted by atomic mass is 9.77. The average Bonchev–Trinajstić information content (AvgIpc) is 2.58. The van der Waals surface area contributed by atoms with Crippen molar-refractivity contribution in [2.24, 2.45) is 0 Å². The van der Waals surface area contributed by atoms with Gasteiger partial charge in [-0.25, -0.2) is 0 Å². The molecule has 1 aliphatic heterocycles. The molecule has 0 saturated carbocycles. The van der Waals surface area contributed by atoms with E-state index in [4.69, 9.17) is 9.47 Å². The molecule has 23 heavy (non-hydrogen) atoms. The van der Waals surface area contributed by atoms with Gasteiger partial charge in [0.15, 0.2) is 5.78 Å². The van der Waals surface area contributed by atoms with Crippen molar-refractivity contribution >= 4 is 17.5 Å². The zero-order valence-corrected chi connectivity index (χ0v) is 14.6. The number of rotatable bonds is 3. The Morgan fingerprint density at radius 2 is 1.87 bits per heavy atom. The predicted octanol–water partition coefficient (Wildman–Crippen LogP) is 4.26. The molecule has 0 bridgehead atoms. The number of fused-ring (bicyclic) bond motifs is 1. The number of carbonyl (C=O) groups is 1. The zero-order valence-electron chi connectivity index (χ0n) is 13.8. The summed E-state index contributed by atoms with van der Waals surface area (Å²) in [4.78, 5) is 14.1. The Bertz CT molecular complexity index is 769. The molecule has 1 unspecified atom stereocenters. The smallest absolute Gasteiger partial charge is 0.175 e. The Hall–Kier alpha value is -1.94. The summed E-state index contributed by atoms with van der Waals surface area (Å²) in [5.74, 6) is 2.52. The van der Waals surface area contributed by atoms with E-state index in [-0.39, 0.29) is 5.78 Å². The molecule has 0 spiro atoms. The van der Waals surface area contributed by atoms with Gasteiger partial charge in [-0.1, -0.05) is 12.1 Å². The lowest BCUT2D eigenvalue weighted by Crippen LogP contribution is -2.38. The number of ketones is 1. The molecule has 0 amide bonds. The summed E-state index contributed by atoms with van der Waals surface area (Å²) in [5, 5.41) is 0. The molecule has 0 N–H and O–H groups in total. The van der Waals surface area contributed by atoms with Crippen molar-refractivity contribution in [3.05, 3.63) is 53.1 Å². The normalized spacial score (nSPS) is 20.1. The summed E-state index contributed by atoms with van der Waals surface area (Å²) in [5.41, 5.74) is 2.33. The van der Waals surface area contributed by atoms with Gasteiger partial charge in [0, 0.05) is 16.2 Å². The molecule has 0 radical (unpaired) electrons. The maximum absolute atomic E-state index is 13.1. The minimum absolute atomic E-state index is 0.165. The maximum Gasteiger partial charge on any atom is 0.175 e. The standard InChI is InChI=1S/C19H20O3S/c1-12-9-13(5-8-16(12)22-4)19(2)11-23-17-10-14(21-3)6-7-15(17)18(19)20/h5-10H,11H2,1-4H3. The Morgan fingerprint density at radius 1 is 1.09 bits per heavy atom. The molecular formula is C19H20O3S. The van der Waals surface area contributed by atoms with E-state index in [1.807, 2.05) is 44.2 Å². The van der Waals surface area contributed by atoms with Crippen LogP contribution in [0.5, 0.6) is 11.5 Å². The fourth-order valence-corrected chi connectivity index (χ4v) is 4.22. The van der Waals surface area contributed by atoms with E-state index < -0.39 is 5.41 Å². The van der Waals surface area contributed by atoms with Crippen LogP contribution in [0.4, 0.5) is 0 Å². The molecule has 2 aromatic rings. The maximum atomic E-state index is 13.1. The second-order valence-electron chi connectivity index (χ2n) is 6.00. The molecule has 1 atom stereocenters. The van der Waals surface area contributed by atoms with Gasteiger partial charge in [-0.3, -0.25) is 4.79 Å². The van der Waals surface area contributed by atoms with Gasteiger partial charge in [-0.05, 0) is 49.2 Å². The van der Waals surface area contributed by atoms with E-state index in [1.165, 1.54) is 0 Å². The average molecular weight is 328 g/mol. The van der Waals surface area contributed by atoms with Crippen molar-refractivity contribution in [1.29, 1.82) is 0 Å². The first-order valence-electron chi connectivity index (χ1n) is 7.50. The highest BCUT2D eigenvalue weighted by molar-refractivity contribution is 7.99. The third-order valence-corrected chi connectivity index (χ3v) is 5.85. The minimum atomic E-state index is -0.525. The van der Waals surface area contributed by atoms with Crippen LogP contribution in [-0.2, 0) is 5.41 Å². The van der Waals surface area contributed by atoms with Gasteiger partial charge < -0.3 is 9.47 Å². The van der Waals surface area contributed by atoms with Gasteiger partial charge in [-0.2, -0.15) is 0 Å². The van der Waals surface area contributed by atoms with Crippen LogP contribution in [0.1, 0.15) is 28.4 Å². The van der Waals surface area contributed by atoms with E-state index in [2.05, 4.69) is 6.07 Å². The summed E-state index contributed by atoms with van der Waals surface area (Å²) >= 11 is 1.71. The van der Waals surface area contributed by atoms with E-state index in [0.29, 0.717) is 0 Å². The van der Waals surface area contributed by atoms with Crippen LogP contribution in [0, 0.1) is 6.92 Å². The first-order valence-corrected chi connectivity index (χ1v) is 8.49. The molecular weight excluding hydrogens is 308 g/mol. The molecule has 1 aliphatic rings. The molecule has 2 aromatic carbocycles. The highest BCUT2D eigenvalue weighted by Crippen LogP contribution is 2.43. The van der Waals surface area contributed by atoms with Gasteiger partial charge in [0.05, 0.1) is 19.6 Å². The van der Waals surface area contributed by atoms with Crippen LogP contribution in [0.3, 0.4) is 0 Å².